The van der Waals surface area contributed by atoms with Crippen LogP contribution in [0.3, 0.4) is 0 Å². The van der Waals surface area contributed by atoms with E-state index in [2.05, 4.69) is 0 Å². The van der Waals surface area contributed by atoms with Gasteiger partial charge in [0, 0.05) is 5.57 Å². The maximum Gasteiger partial charge on any atom is 0.292 e. The molecule has 120 valence electrons. The van der Waals surface area contributed by atoms with Gasteiger partial charge in [-0.3, -0.25) is 0 Å². The van der Waals surface area contributed by atoms with Crippen molar-refractivity contribution in [2.24, 2.45) is 0 Å². The average Bonchev–Trinajstić information content (AvgIpc) is 2.52. The van der Waals surface area contributed by atoms with Gasteiger partial charge in [-0.1, -0.05) is 35.3 Å². The molecule has 6 heteroatoms. The number of aryl methyl sites for hydroxylation is 2. The SMILES string of the molecule is Cc1cc(OC#N)ccc1C(=C(Cl)Cl)c1ccc(OC#N)cc1C. The molecule has 0 radical (unpaired) electrons. The highest BCUT2D eigenvalue weighted by molar-refractivity contribution is 6.59. The minimum Gasteiger partial charge on any atom is -0.388 e. The third-order valence-electron chi connectivity index (χ3n) is 3.45. The number of halogens is 2. The lowest BCUT2D eigenvalue weighted by Gasteiger charge is -2.15. The van der Waals surface area contributed by atoms with Crippen LogP contribution in [0.25, 0.3) is 5.57 Å². The van der Waals surface area contributed by atoms with Crippen molar-refractivity contribution in [1.82, 2.24) is 0 Å². The molecular weight excluding hydrogens is 347 g/mol. The van der Waals surface area contributed by atoms with Crippen molar-refractivity contribution in [3.8, 4) is 24.0 Å². The van der Waals surface area contributed by atoms with E-state index in [9.17, 15) is 0 Å². The van der Waals surface area contributed by atoms with Crippen LogP contribution in [0.5, 0.6) is 11.5 Å². The summed E-state index contributed by atoms with van der Waals surface area (Å²) in [6.07, 6.45) is 3.27. The molecule has 0 aliphatic rings. The second-order valence-electron chi connectivity index (χ2n) is 4.98. The van der Waals surface area contributed by atoms with Crippen LogP contribution >= 0.6 is 23.2 Å². The predicted molar refractivity (Wildman–Crippen MR) is 92.6 cm³/mol. The highest BCUT2D eigenvalue weighted by atomic mass is 35.5. The summed E-state index contributed by atoms with van der Waals surface area (Å²) in [5.74, 6) is 0.886. The molecule has 2 rings (SSSR count). The Morgan fingerprint density at radius 3 is 1.54 bits per heavy atom. The van der Waals surface area contributed by atoms with E-state index in [0.29, 0.717) is 17.1 Å². The maximum atomic E-state index is 8.60. The number of hydrogen-bond donors (Lipinski definition) is 0. The number of hydrogen-bond acceptors (Lipinski definition) is 4. The Morgan fingerprint density at radius 2 is 1.25 bits per heavy atom. The summed E-state index contributed by atoms with van der Waals surface area (Å²) in [5, 5.41) is 17.2. The van der Waals surface area contributed by atoms with E-state index in [1.54, 1.807) is 48.9 Å². The molecule has 0 atom stereocenters. The van der Waals surface area contributed by atoms with Gasteiger partial charge in [-0.05, 0) is 60.4 Å². The number of ether oxygens (including phenoxy) is 2. The molecule has 0 aliphatic heterocycles. The lowest BCUT2D eigenvalue weighted by molar-refractivity contribution is 0.506. The average molecular weight is 359 g/mol. The molecule has 0 spiro atoms. The van der Waals surface area contributed by atoms with Gasteiger partial charge in [0.1, 0.15) is 16.0 Å². The summed E-state index contributed by atoms with van der Waals surface area (Å²) < 4.78 is 9.78. The van der Waals surface area contributed by atoms with Gasteiger partial charge < -0.3 is 9.47 Å². The van der Waals surface area contributed by atoms with Crippen LogP contribution in [-0.4, -0.2) is 0 Å². The Labute approximate surface area is 150 Å². The Kier molecular flexibility index (Phi) is 5.71. The topological polar surface area (TPSA) is 66.0 Å². The molecule has 0 heterocycles. The van der Waals surface area contributed by atoms with Gasteiger partial charge in [0.05, 0.1) is 0 Å². The van der Waals surface area contributed by atoms with Crippen LogP contribution < -0.4 is 9.47 Å². The summed E-state index contributed by atoms with van der Waals surface area (Å²) in [6, 6.07) is 10.4. The van der Waals surface area contributed by atoms with E-state index in [1.807, 2.05) is 13.8 Å². The Balaban J connectivity index is 2.55. The molecule has 24 heavy (non-hydrogen) atoms. The highest BCUT2D eigenvalue weighted by Gasteiger charge is 2.15. The molecule has 0 aromatic heterocycles. The van der Waals surface area contributed by atoms with E-state index in [-0.39, 0.29) is 4.49 Å². The second-order valence-corrected chi connectivity index (χ2v) is 5.92. The molecule has 0 fully saturated rings. The first-order valence-corrected chi connectivity index (χ1v) is 7.62. The van der Waals surface area contributed by atoms with Crippen molar-refractivity contribution >= 4 is 28.8 Å². The highest BCUT2D eigenvalue weighted by Crippen LogP contribution is 2.36. The number of nitrogens with zero attached hydrogens (tertiary/aromatic N) is 2. The minimum atomic E-state index is 0.115. The van der Waals surface area contributed by atoms with Gasteiger partial charge in [0.25, 0.3) is 12.5 Å². The van der Waals surface area contributed by atoms with Crippen LogP contribution in [0.2, 0.25) is 0 Å². The van der Waals surface area contributed by atoms with Crippen molar-refractivity contribution in [3.63, 3.8) is 0 Å². The normalized spacial score (nSPS) is 9.58. The number of nitriles is 2. The molecule has 0 bridgehead atoms. The third kappa shape index (κ3) is 3.81. The fourth-order valence-corrected chi connectivity index (χ4v) is 2.82. The smallest absolute Gasteiger partial charge is 0.292 e. The van der Waals surface area contributed by atoms with Gasteiger partial charge >= 0.3 is 0 Å². The van der Waals surface area contributed by atoms with Gasteiger partial charge in [-0.15, -0.1) is 10.5 Å². The Hall–Kier alpha value is -2.66. The van der Waals surface area contributed by atoms with Crippen LogP contribution in [0.1, 0.15) is 22.3 Å². The zero-order valence-electron chi connectivity index (χ0n) is 12.9. The fourth-order valence-electron chi connectivity index (χ4n) is 2.41. The van der Waals surface area contributed by atoms with Gasteiger partial charge in [0.15, 0.2) is 0 Å². The minimum absolute atomic E-state index is 0.115. The van der Waals surface area contributed by atoms with Gasteiger partial charge in [0.2, 0.25) is 0 Å². The first kappa shape index (κ1) is 17.7. The first-order valence-electron chi connectivity index (χ1n) is 6.87. The standard InChI is InChI=1S/C18H12Cl2N2O2/c1-11-7-13(23-9-21)3-5-15(11)17(18(19)20)16-6-4-14(24-10-22)8-12(16)2/h3-8H,1-2H3. The van der Waals surface area contributed by atoms with Crippen molar-refractivity contribution < 1.29 is 9.47 Å². The van der Waals surface area contributed by atoms with E-state index in [4.69, 9.17) is 43.2 Å². The van der Waals surface area contributed by atoms with Crippen molar-refractivity contribution in [1.29, 1.82) is 10.5 Å². The Morgan fingerprint density at radius 1 is 0.833 bits per heavy atom. The zero-order valence-corrected chi connectivity index (χ0v) is 14.4. The molecule has 0 amide bonds. The monoisotopic (exact) mass is 358 g/mol. The van der Waals surface area contributed by atoms with E-state index >= 15 is 0 Å². The molecular formula is C18H12Cl2N2O2. The molecule has 0 saturated carbocycles. The van der Waals surface area contributed by atoms with Gasteiger partial charge in [-0.2, -0.15) is 0 Å². The maximum absolute atomic E-state index is 8.60. The zero-order chi connectivity index (χ0) is 17.7. The molecule has 2 aromatic carbocycles. The second kappa shape index (κ2) is 7.75. The molecule has 0 unspecified atom stereocenters. The molecule has 0 N–H and O–H groups in total. The van der Waals surface area contributed by atoms with Crippen molar-refractivity contribution in [2.75, 3.05) is 0 Å². The molecule has 0 aliphatic carbocycles. The van der Waals surface area contributed by atoms with E-state index < -0.39 is 0 Å². The fraction of sp³-hybridized carbons (Fsp3) is 0.111. The Bertz CT molecular complexity index is 821. The summed E-state index contributed by atoms with van der Waals surface area (Å²) in [4.78, 5) is 0. The largest absolute Gasteiger partial charge is 0.388 e. The predicted octanol–water partition coefficient (Wildman–Crippen LogP) is 5.22. The number of benzene rings is 2. The van der Waals surface area contributed by atoms with E-state index in [1.165, 1.54) is 0 Å². The summed E-state index contributed by atoms with van der Waals surface area (Å²) in [6.45, 7) is 3.75. The third-order valence-corrected chi connectivity index (χ3v) is 3.83. The van der Waals surface area contributed by atoms with Crippen molar-refractivity contribution in [2.45, 2.75) is 13.8 Å². The van der Waals surface area contributed by atoms with Crippen LogP contribution in [0, 0.1) is 36.9 Å². The lowest BCUT2D eigenvalue weighted by Crippen LogP contribution is -1.97. The summed E-state index contributed by atoms with van der Waals surface area (Å²) >= 11 is 12.3. The lowest BCUT2D eigenvalue weighted by atomic mass is 9.92. The molecule has 2 aromatic rings. The first-order chi connectivity index (χ1) is 11.5. The van der Waals surface area contributed by atoms with Gasteiger partial charge in [-0.25, -0.2) is 0 Å². The van der Waals surface area contributed by atoms with Crippen LogP contribution in [0.4, 0.5) is 0 Å². The molecule has 4 nitrogen and oxygen atoms in total. The summed E-state index contributed by atoms with van der Waals surface area (Å²) in [5.41, 5.74) is 4.00. The van der Waals surface area contributed by atoms with E-state index in [0.717, 1.165) is 22.3 Å². The van der Waals surface area contributed by atoms with Crippen LogP contribution in [0.15, 0.2) is 40.9 Å². The van der Waals surface area contributed by atoms with Crippen molar-refractivity contribution in [3.05, 3.63) is 63.1 Å². The van der Waals surface area contributed by atoms with Crippen LogP contribution in [-0.2, 0) is 0 Å². The summed E-state index contributed by atoms with van der Waals surface area (Å²) in [7, 11) is 0. The quantitative estimate of drug-likeness (QED) is 0.702. The molecule has 0 saturated heterocycles. The number of rotatable bonds is 4.